The summed E-state index contributed by atoms with van der Waals surface area (Å²) in [5.74, 6) is -0.177. The number of aromatic amines is 1. The highest BCUT2D eigenvalue weighted by Gasteiger charge is 2.08. The number of hydrogen-bond donors (Lipinski definition) is 2. The number of hydrogen-bond acceptors (Lipinski definition) is 5. The normalized spacial score (nSPS) is 9.94. The predicted molar refractivity (Wildman–Crippen MR) is 62.5 cm³/mol. The molecule has 2 heterocycles. The first-order valence-corrected chi connectivity index (χ1v) is 5.29. The number of anilines is 1. The fourth-order valence-corrected chi connectivity index (χ4v) is 1.23. The quantitative estimate of drug-likeness (QED) is 0.844. The van der Waals surface area contributed by atoms with E-state index in [2.05, 4.69) is 41.4 Å². The van der Waals surface area contributed by atoms with Gasteiger partial charge in [0.25, 0.3) is 11.5 Å². The molecule has 2 N–H and O–H groups in total. The van der Waals surface area contributed by atoms with Crippen LogP contribution < -0.4 is 10.9 Å². The van der Waals surface area contributed by atoms with Crippen molar-refractivity contribution in [3.63, 3.8) is 0 Å². The van der Waals surface area contributed by atoms with E-state index in [1.165, 1.54) is 24.5 Å². The van der Waals surface area contributed by atoms with Crippen LogP contribution in [0.15, 0.2) is 33.9 Å². The van der Waals surface area contributed by atoms with Gasteiger partial charge in [0.05, 0.1) is 12.4 Å². The van der Waals surface area contributed by atoms with Crippen molar-refractivity contribution in [3.05, 3.63) is 45.2 Å². The lowest BCUT2D eigenvalue weighted by atomic mass is 10.3. The molecule has 0 spiro atoms. The minimum atomic E-state index is -0.474. The van der Waals surface area contributed by atoms with Crippen molar-refractivity contribution in [2.45, 2.75) is 0 Å². The van der Waals surface area contributed by atoms with Gasteiger partial charge in [0.2, 0.25) is 0 Å². The smallest absolute Gasteiger partial charge is 0.277 e. The fraction of sp³-hybridized carbons (Fsp3) is 0. The monoisotopic (exact) mass is 295 g/mol. The lowest BCUT2D eigenvalue weighted by Gasteiger charge is -2.02. The molecule has 0 radical (unpaired) electrons. The third-order valence-corrected chi connectivity index (χ3v) is 2.18. The van der Waals surface area contributed by atoms with Gasteiger partial charge in [-0.1, -0.05) is 0 Å². The van der Waals surface area contributed by atoms with Crippen LogP contribution in [0.1, 0.15) is 10.5 Å². The average Bonchev–Trinajstić information content (AvgIpc) is 2.33. The Morgan fingerprint density at radius 2 is 2.12 bits per heavy atom. The highest BCUT2D eigenvalue weighted by Crippen LogP contribution is 2.06. The maximum Gasteiger partial charge on any atom is 0.277 e. The highest BCUT2D eigenvalue weighted by molar-refractivity contribution is 9.10. The van der Waals surface area contributed by atoms with E-state index in [-0.39, 0.29) is 11.3 Å². The summed E-state index contributed by atoms with van der Waals surface area (Å²) in [6, 6.07) is 2.54. The van der Waals surface area contributed by atoms with Crippen molar-refractivity contribution in [1.82, 2.24) is 20.2 Å². The van der Waals surface area contributed by atoms with Gasteiger partial charge in [-0.25, -0.2) is 15.1 Å². The van der Waals surface area contributed by atoms with Crippen LogP contribution in [0, 0.1) is 0 Å². The second kappa shape index (κ2) is 4.83. The van der Waals surface area contributed by atoms with E-state index in [0.29, 0.717) is 10.4 Å². The maximum atomic E-state index is 11.6. The zero-order chi connectivity index (χ0) is 12.3. The number of aromatic nitrogens is 4. The minimum absolute atomic E-state index is 0.0920. The topological polar surface area (TPSA) is 101 Å². The Balaban J connectivity index is 2.14. The summed E-state index contributed by atoms with van der Waals surface area (Å²) in [6.45, 7) is 0. The van der Waals surface area contributed by atoms with E-state index in [1.807, 2.05) is 0 Å². The molecule has 8 heteroatoms. The summed E-state index contributed by atoms with van der Waals surface area (Å²) >= 11 is 3.13. The highest BCUT2D eigenvalue weighted by atomic mass is 79.9. The largest absolute Gasteiger partial charge is 0.304 e. The van der Waals surface area contributed by atoms with Crippen molar-refractivity contribution in [2.24, 2.45) is 0 Å². The molecule has 0 atom stereocenters. The molecule has 0 aliphatic carbocycles. The summed E-state index contributed by atoms with van der Waals surface area (Å²) in [6.07, 6.45) is 2.85. The predicted octanol–water partition coefficient (Wildman–Crippen LogP) is 0.575. The second-order valence-electron chi connectivity index (χ2n) is 2.98. The Labute approximate surface area is 103 Å². The number of rotatable bonds is 2. The Bertz CT molecular complexity index is 575. The van der Waals surface area contributed by atoms with Crippen molar-refractivity contribution < 1.29 is 4.79 Å². The molecule has 2 aromatic heterocycles. The van der Waals surface area contributed by atoms with Crippen molar-refractivity contribution in [1.29, 1.82) is 0 Å². The number of carbonyl (C=O) groups is 1. The molecule has 7 nitrogen and oxygen atoms in total. The van der Waals surface area contributed by atoms with Crippen LogP contribution >= 0.6 is 15.9 Å². The Hall–Kier alpha value is -2.09. The Morgan fingerprint density at radius 1 is 1.29 bits per heavy atom. The van der Waals surface area contributed by atoms with Gasteiger partial charge in [-0.3, -0.25) is 9.59 Å². The van der Waals surface area contributed by atoms with Crippen LogP contribution in [0.3, 0.4) is 0 Å². The van der Waals surface area contributed by atoms with Crippen molar-refractivity contribution in [3.8, 4) is 0 Å². The molecule has 0 aliphatic heterocycles. The van der Waals surface area contributed by atoms with Gasteiger partial charge in [0, 0.05) is 6.07 Å². The molecule has 0 saturated heterocycles. The van der Waals surface area contributed by atoms with E-state index in [9.17, 15) is 9.59 Å². The third kappa shape index (κ3) is 2.94. The SMILES string of the molecule is O=C(Nc1cnc(Br)cn1)c1ccc(=O)[nH]n1. The third-order valence-electron chi connectivity index (χ3n) is 1.77. The van der Waals surface area contributed by atoms with Gasteiger partial charge >= 0.3 is 0 Å². The van der Waals surface area contributed by atoms with Crippen LogP contribution in [0.4, 0.5) is 5.82 Å². The Kier molecular flexibility index (Phi) is 3.24. The lowest BCUT2D eigenvalue weighted by Crippen LogP contribution is -2.18. The van der Waals surface area contributed by atoms with E-state index >= 15 is 0 Å². The number of carbonyl (C=O) groups excluding carboxylic acids is 1. The number of nitrogens with zero attached hydrogens (tertiary/aromatic N) is 3. The van der Waals surface area contributed by atoms with E-state index in [1.54, 1.807) is 0 Å². The van der Waals surface area contributed by atoms with Crippen LogP contribution in [0.2, 0.25) is 0 Å². The van der Waals surface area contributed by atoms with E-state index in [0.717, 1.165) is 0 Å². The molecule has 2 rings (SSSR count). The zero-order valence-electron chi connectivity index (χ0n) is 8.35. The molecule has 1 amide bonds. The van der Waals surface area contributed by atoms with Crippen molar-refractivity contribution in [2.75, 3.05) is 5.32 Å². The first kappa shape index (κ1) is 11.4. The molecular formula is C9H6BrN5O2. The average molecular weight is 296 g/mol. The summed E-state index contributed by atoms with van der Waals surface area (Å²) in [4.78, 5) is 30.2. The fourth-order valence-electron chi connectivity index (χ4n) is 1.03. The zero-order valence-corrected chi connectivity index (χ0v) is 9.93. The molecular weight excluding hydrogens is 290 g/mol. The van der Waals surface area contributed by atoms with Crippen molar-refractivity contribution >= 4 is 27.7 Å². The van der Waals surface area contributed by atoms with Gasteiger partial charge in [0.15, 0.2) is 5.82 Å². The summed E-state index contributed by atoms with van der Waals surface area (Å²) in [7, 11) is 0. The molecule has 0 aliphatic rings. The second-order valence-corrected chi connectivity index (χ2v) is 3.80. The summed E-state index contributed by atoms with van der Waals surface area (Å²) < 4.78 is 0.567. The van der Waals surface area contributed by atoms with Gasteiger partial charge in [-0.2, -0.15) is 5.10 Å². The summed E-state index contributed by atoms with van der Waals surface area (Å²) in [5, 5.41) is 8.24. The van der Waals surface area contributed by atoms with Gasteiger partial charge in [-0.15, -0.1) is 0 Å². The first-order valence-electron chi connectivity index (χ1n) is 4.50. The minimum Gasteiger partial charge on any atom is -0.304 e. The molecule has 0 fully saturated rings. The van der Waals surface area contributed by atoms with Crippen LogP contribution in [0.5, 0.6) is 0 Å². The van der Waals surface area contributed by atoms with Gasteiger partial charge < -0.3 is 5.32 Å². The lowest BCUT2D eigenvalue weighted by molar-refractivity contribution is 0.102. The first-order chi connectivity index (χ1) is 8.15. The van der Waals surface area contributed by atoms with Gasteiger partial charge in [0.1, 0.15) is 10.3 Å². The maximum absolute atomic E-state index is 11.6. The summed E-state index contributed by atoms with van der Waals surface area (Å²) in [5.41, 5.74) is -0.278. The molecule has 0 aromatic carbocycles. The molecule has 0 bridgehead atoms. The van der Waals surface area contributed by atoms with Gasteiger partial charge in [-0.05, 0) is 22.0 Å². The molecule has 0 saturated carbocycles. The standard InChI is InChI=1S/C9H6BrN5O2/c10-6-3-12-7(4-11-6)13-9(17)5-1-2-8(16)15-14-5/h1-4H,(H,15,16)(H,12,13,17). The number of nitrogens with one attached hydrogen (secondary N) is 2. The van der Waals surface area contributed by atoms with Crippen LogP contribution in [-0.2, 0) is 0 Å². The number of halogens is 1. The molecule has 17 heavy (non-hydrogen) atoms. The van der Waals surface area contributed by atoms with E-state index < -0.39 is 5.91 Å². The Morgan fingerprint density at radius 3 is 2.71 bits per heavy atom. The van der Waals surface area contributed by atoms with Crippen LogP contribution in [0.25, 0.3) is 0 Å². The van der Waals surface area contributed by atoms with Crippen LogP contribution in [-0.4, -0.2) is 26.1 Å². The molecule has 86 valence electrons. The van der Waals surface area contributed by atoms with E-state index in [4.69, 9.17) is 0 Å². The number of H-pyrrole nitrogens is 1. The molecule has 0 unspecified atom stereocenters. The number of amides is 1. The molecule has 2 aromatic rings.